The number of hydrogen-bond donors (Lipinski definition) is 1. The van der Waals surface area contributed by atoms with Crippen LogP contribution in [-0.4, -0.2) is 4.98 Å². The van der Waals surface area contributed by atoms with Crippen LogP contribution in [0, 0.1) is 3.57 Å². The summed E-state index contributed by atoms with van der Waals surface area (Å²) < 4.78 is 25.2. The molecule has 0 bridgehead atoms. The highest BCUT2D eigenvalue weighted by Crippen LogP contribution is 2.29. The SMILES string of the molecule is Nc1c(C(F)F)cnc(CBr)c1I. The summed E-state index contributed by atoms with van der Waals surface area (Å²) in [5.41, 5.74) is 6.12. The summed E-state index contributed by atoms with van der Waals surface area (Å²) in [4.78, 5) is 3.86. The second-order valence-corrected chi connectivity index (χ2v) is 3.96. The van der Waals surface area contributed by atoms with Crippen molar-refractivity contribution < 1.29 is 8.78 Å². The molecule has 0 atom stereocenters. The van der Waals surface area contributed by atoms with Crippen molar-refractivity contribution in [3.05, 3.63) is 21.0 Å². The van der Waals surface area contributed by atoms with Gasteiger partial charge in [0.15, 0.2) is 0 Å². The molecule has 1 heterocycles. The number of alkyl halides is 3. The first-order valence-electron chi connectivity index (χ1n) is 3.34. The molecule has 13 heavy (non-hydrogen) atoms. The minimum atomic E-state index is -2.56. The zero-order valence-corrected chi connectivity index (χ0v) is 10.1. The van der Waals surface area contributed by atoms with E-state index in [2.05, 4.69) is 20.9 Å². The van der Waals surface area contributed by atoms with Gasteiger partial charge in [0, 0.05) is 11.5 Å². The molecule has 1 aromatic rings. The van der Waals surface area contributed by atoms with E-state index in [0.717, 1.165) is 6.20 Å². The molecular formula is C7H6BrF2IN2. The lowest BCUT2D eigenvalue weighted by Crippen LogP contribution is -2.02. The van der Waals surface area contributed by atoms with E-state index < -0.39 is 6.43 Å². The second-order valence-electron chi connectivity index (χ2n) is 2.32. The smallest absolute Gasteiger partial charge is 0.267 e. The molecule has 0 saturated carbocycles. The maximum absolute atomic E-state index is 12.3. The minimum absolute atomic E-state index is 0.125. The molecule has 0 aliphatic heterocycles. The minimum Gasteiger partial charge on any atom is -0.397 e. The summed E-state index contributed by atoms with van der Waals surface area (Å²) >= 11 is 5.11. The molecule has 6 heteroatoms. The van der Waals surface area contributed by atoms with E-state index >= 15 is 0 Å². The van der Waals surface area contributed by atoms with Crippen molar-refractivity contribution in [1.82, 2.24) is 4.98 Å². The van der Waals surface area contributed by atoms with Crippen LogP contribution in [0.3, 0.4) is 0 Å². The number of nitrogen functional groups attached to an aromatic ring is 1. The van der Waals surface area contributed by atoms with Crippen LogP contribution in [-0.2, 0) is 5.33 Å². The summed E-state index contributed by atoms with van der Waals surface area (Å²) in [6.45, 7) is 0. The fraction of sp³-hybridized carbons (Fsp3) is 0.286. The topological polar surface area (TPSA) is 38.9 Å². The first-order valence-corrected chi connectivity index (χ1v) is 5.54. The number of rotatable bonds is 2. The van der Waals surface area contributed by atoms with Crippen molar-refractivity contribution in [2.45, 2.75) is 11.8 Å². The van der Waals surface area contributed by atoms with Crippen LogP contribution in [0.5, 0.6) is 0 Å². The van der Waals surface area contributed by atoms with E-state index in [4.69, 9.17) is 5.73 Å². The lowest BCUT2D eigenvalue weighted by Gasteiger charge is -2.08. The highest BCUT2D eigenvalue weighted by atomic mass is 127. The number of pyridine rings is 1. The lowest BCUT2D eigenvalue weighted by molar-refractivity contribution is 0.151. The van der Waals surface area contributed by atoms with E-state index in [0.29, 0.717) is 14.6 Å². The number of hydrogen-bond acceptors (Lipinski definition) is 2. The largest absolute Gasteiger partial charge is 0.397 e. The third-order valence-electron chi connectivity index (χ3n) is 1.52. The first-order chi connectivity index (χ1) is 6.07. The van der Waals surface area contributed by atoms with Gasteiger partial charge < -0.3 is 5.73 Å². The van der Waals surface area contributed by atoms with Gasteiger partial charge in [-0.2, -0.15) is 0 Å². The predicted molar refractivity (Wildman–Crippen MR) is 59.0 cm³/mol. The van der Waals surface area contributed by atoms with Crippen molar-refractivity contribution >= 4 is 44.2 Å². The number of nitrogens with zero attached hydrogens (tertiary/aromatic N) is 1. The fourth-order valence-corrected chi connectivity index (χ4v) is 2.41. The zero-order chi connectivity index (χ0) is 10.0. The summed E-state index contributed by atoms with van der Waals surface area (Å²) in [6.07, 6.45) is -1.44. The van der Waals surface area contributed by atoms with Crippen LogP contribution in [0.15, 0.2) is 6.20 Å². The monoisotopic (exact) mass is 362 g/mol. The Morgan fingerprint density at radius 3 is 2.69 bits per heavy atom. The van der Waals surface area contributed by atoms with Crippen LogP contribution >= 0.6 is 38.5 Å². The normalized spacial score (nSPS) is 10.8. The Morgan fingerprint density at radius 2 is 2.23 bits per heavy atom. The van der Waals surface area contributed by atoms with Gasteiger partial charge in [-0.25, -0.2) is 8.78 Å². The van der Waals surface area contributed by atoms with Gasteiger partial charge in [0.1, 0.15) is 0 Å². The standard InChI is InChI=1S/C7H6BrF2IN2/c8-1-4-5(11)6(12)3(2-13-4)7(9)10/h2,7H,1H2,(H2,12,13). The second kappa shape index (κ2) is 4.50. The van der Waals surface area contributed by atoms with E-state index in [9.17, 15) is 8.78 Å². The first kappa shape index (κ1) is 11.1. The van der Waals surface area contributed by atoms with Gasteiger partial charge in [0.2, 0.25) is 0 Å². The molecule has 2 nitrogen and oxygen atoms in total. The highest BCUT2D eigenvalue weighted by molar-refractivity contribution is 14.1. The van der Waals surface area contributed by atoms with Gasteiger partial charge in [-0.1, -0.05) is 15.9 Å². The van der Waals surface area contributed by atoms with Crippen molar-refractivity contribution in [2.24, 2.45) is 0 Å². The van der Waals surface area contributed by atoms with Gasteiger partial charge in [-0.05, 0) is 22.6 Å². The molecule has 0 aliphatic carbocycles. The molecule has 0 aliphatic rings. The van der Waals surface area contributed by atoms with Gasteiger partial charge in [0.25, 0.3) is 6.43 Å². The van der Waals surface area contributed by atoms with E-state index in [1.165, 1.54) is 0 Å². The number of halogens is 4. The molecule has 0 fully saturated rings. The molecule has 1 aromatic heterocycles. The third-order valence-corrected chi connectivity index (χ3v) is 3.26. The van der Waals surface area contributed by atoms with Crippen molar-refractivity contribution in [3.8, 4) is 0 Å². The molecule has 2 N–H and O–H groups in total. The maximum Gasteiger partial charge on any atom is 0.267 e. The molecular weight excluding hydrogens is 357 g/mol. The van der Waals surface area contributed by atoms with Crippen LogP contribution in [0.25, 0.3) is 0 Å². The van der Waals surface area contributed by atoms with Crippen LogP contribution in [0.2, 0.25) is 0 Å². The molecule has 1 rings (SSSR count). The van der Waals surface area contributed by atoms with E-state index in [1.54, 1.807) is 0 Å². The van der Waals surface area contributed by atoms with Crippen molar-refractivity contribution in [1.29, 1.82) is 0 Å². The van der Waals surface area contributed by atoms with Crippen molar-refractivity contribution in [3.63, 3.8) is 0 Å². The number of aromatic nitrogens is 1. The van der Waals surface area contributed by atoms with E-state index in [1.807, 2.05) is 22.6 Å². The molecule has 0 aromatic carbocycles. The average molecular weight is 363 g/mol. The predicted octanol–water partition coefficient (Wildman–Crippen LogP) is 3.10. The molecule has 0 spiro atoms. The van der Waals surface area contributed by atoms with Gasteiger partial charge in [0.05, 0.1) is 20.5 Å². The Bertz CT molecular complexity index is 320. The number of nitrogens with two attached hydrogens (primary N) is 1. The van der Waals surface area contributed by atoms with Crippen LogP contribution in [0.1, 0.15) is 17.7 Å². The van der Waals surface area contributed by atoms with Crippen LogP contribution < -0.4 is 5.73 Å². The summed E-state index contributed by atoms with van der Waals surface area (Å²) in [7, 11) is 0. The third kappa shape index (κ3) is 2.28. The molecule has 0 radical (unpaired) electrons. The van der Waals surface area contributed by atoms with E-state index in [-0.39, 0.29) is 11.3 Å². The average Bonchev–Trinajstić information content (AvgIpc) is 2.09. The summed E-state index contributed by atoms with van der Waals surface area (Å²) in [5.74, 6) is 0. The molecule has 0 saturated heterocycles. The molecule has 0 amide bonds. The maximum atomic E-state index is 12.3. The van der Waals surface area contributed by atoms with Gasteiger partial charge >= 0.3 is 0 Å². The Balaban J connectivity index is 3.23. The molecule has 0 unspecified atom stereocenters. The Kier molecular flexibility index (Phi) is 3.84. The Morgan fingerprint density at radius 1 is 1.62 bits per heavy atom. The van der Waals surface area contributed by atoms with Gasteiger partial charge in [-0.15, -0.1) is 0 Å². The quantitative estimate of drug-likeness (QED) is 0.648. The Labute approximate surface area is 96.2 Å². The Hall–Kier alpha value is 0.0200. The van der Waals surface area contributed by atoms with Gasteiger partial charge in [-0.3, -0.25) is 4.98 Å². The number of anilines is 1. The lowest BCUT2D eigenvalue weighted by atomic mass is 10.2. The zero-order valence-electron chi connectivity index (χ0n) is 6.40. The van der Waals surface area contributed by atoms with Crippen LogP contribution in [0.4, 0.5) is 14.5 Å². The fourth-order valence-electron chi connectivity index (χ4n) is 0.823. The highest BCUT2D eigenvalue weighted by Gasteiger charge is 2.16. The van der Waals surface area contributed by atoms with Crippen molar-refractivity contribution in [2.75, 3.05) is 5.73 Å². The summed E-state index contributed by atoms with van der Waals surface area (Å²) in [5, 5.41) is 0.513. The molecule has 72 valence electrons. The summed E-state index contributed by atoms with van der Waals surface area (Å²) in [6, 6.07) is 0.